The Morgan fingerprint density at radius 1 is 1.35 bits per heavy atom. The number of hydrogen-bond donors (Lipinski definition) is 1. The maximum Gasteiger partial charge on any atom is 0.0721 e. The number of nitrogen functional groups attached to an aromatic ring is 1. The smallest absolute Gasteiger partial charge is 0.0721 e. The van der Waals surface area contributed by atoms with Crippen molar-refractivity contribution in [3.63, 3.8) is 0 Å². The molecule has 0 aliphatic heterocycles. The fourth-order valence-corrected chi connectivity index (χ4v) is 2.66. The quantitative estimate of drug-likeness (QED) is 0.804. The van der Waals surface area contributed by atoms with E-state index in [2.05, 4.69) is 13.0 Å². The second-order valence-corrected chi connectivity index (χ2v) is 5.12. The van der Waals surface area contributed by atoms with Gasteiger partial charge >= 0.3 is 0 Å². The Bertz CT molecular complexity index is 351. The fraction of sp³-hybridized carbons (Fsp3) is 0.600. The van der Waals surface area contributed by atoms with E-state index >= 15 is 0 Å². The molecule has 0 saturated heterocycles. The van der Waals surface area contributed by atoms with Gasteiger partial charge in [-0.25, -0.2) is 0 Å². The lowest BCUT2D eigenvalue weighted by atomic mass is 9.85. The highest BCUT2D eigenvalue weighted by Gasteiger charge is 2.20. The van der Waals surface area contributed by atoms with Gasteiger partial charge in [0.15, 0.2) is 0 Å². The van der Waals surface area contributed by atoms with E-state index in [0.717, 1.165) is 11.6 Å². The highest BCUT2D eigenvalue weighted by Crippen LogP contribution is 2.28. The molecule has 0 aromatic heterocycles. The summed E-state index contributed by atoms with van der Waals surface area (Å²) in [6.45, 7) is 2.98. The van der Waals surface area contributed by atoms with Crippen molar-refractivity contribution in [2.45, 2.75) is 51.7 Å². The summed E-state index contributed by atoms with van der Waals surface area (Å²) < 4.78 is 6.00. The number of rotatable bonds is 4. The average molecular weight is 233 g/mol. The van der Waals surface area contributed by atoms with E-state index in [-0.39, 0.29) is 0 Å². The molecule has 2 unspecified atom stereocenters. The van der Waals surface area contributed by atoms with Gasteiger partial charge in [0.25, 0.3) is 0 Å². The predicted octanol–water partition coefficient (Wildman–Crippen LogP) is 3.75. The first-order chi connectivity index (χ1) is 8.28. The molecular formula is C15H23NO. The molecule has 2 atom stereocenters. The second-order valence-electron chi connectivity index (χ2n) is 5.12. The molecule has 2 N–H and O–H groups in total. The van der Waals surface area contributed by atoms with Crippen LogP contribution in [-0.4, -0.2) is 6.10 Å². The van der Waals surface area contributed by atoms with Crippen molar-refractivity contribution >= 4 is 5.69 Å². The molecule has 1 aliphatic carbocycles. The Kier molecular flexibility index (Phi) is 4.43. The SMILES string of the molecule is CCC1CCCC(OCc2cccc(N)c2)C1. The molecular weight excluding hydrogens is 210 g/mol. The predicted molar refractivity (Wildman–Crippen MR) is 71.7 cm³/mol. The third-order valence-electron chi connectivity index (χ3n) is 3.75. The van der Waals surface area contributed by atoms with E-state index < -0.39 is 0 Å². The molecule has 2 nitrogen and oxygen atoms in total. The normalized spacial score (nSPS) is 24.8. The summed E-state index contributed by atoms with van der Waals surface area (Å²) in [5.74, 6) is 0.870. The molecule has 2 rings (SSSR count). The van der Waals surface area contributed by atoms with Crippen LogP contribution < -0.4 is 5.73 Å². The summed E-state index contributed by atoms with van der Waals surface area (Å²) in [7, 11) is 0. The number of anilines is 1. The van der Waals surface area contributed by atoms with Crippen molar-refractivity contribution in [1.82, 2.24) is 0 Å². The first-order valence-electron chi connectivity index (χ1n) is 6.74. The van der Waals surface area contributed by atoms with E-state index in [1.807, 2.05) is 18.2 Å². The summed E-state index contributed by atoms with van der Waals surface area (Å²) in [4.78, 5) is 0. The van der Waals surface area contributed by atoms with E-state index in [1.165, 1.54) is 37.7 Å². The van der Waals surface area contributed by atoms with Gasteiger partial charge in [-0.1, -0.05) is 38.3 Å². The summed E-state index contributed by atoms with van der Waals surface area (Å²) in [5.41, 5.74) is 7.76. The summed E-state index contributed by atoms with van der Waals surface area (Å²) in [6, 6.07) is 7.98. The van der Waals surface area contributed by atoms with Crippen LogP contribution in [0.25, 0.3) is 0 Å². The Morgan fingerprint density at radius 3 is 3.00 bits per heavy atom. The van der Waals surface area contributed by atoms with Gasteiger partial charge in [-0.05, 0) is 36.5 Å². The molecule has 1 saturated carbocycles. The lowest BCUT2D eigenvalue weighted by molar-refractivity contribution is 0.00179. The van der Waals surface area contributed by atoms with Crippen molar-refractivity contribution < 1.29 is 4.74 Å². The molecule has 1 aromatic carbocycles. The Labute approximate surface area is 104 Å². The standard InChI is InChI=1S/C15H23NO/c1-2-12-5-4-8-15(10-12)17-11-13-6-3-7-14(16)9-13/h3,6-7,9,12,15H,2,4-5,8,10-11,16H2,1H3. The van der Waals surface area contributed by atoms with Crippen LogP contribution in [0.3, 0.4) is 0 Å². The van der Waals surface area contributed by atoms with E-state index in [9.17, 15) is 0 Å². The second kappa shape index (κ2) is 6.06. The van der Waals surface area contributed by atoms with E-state index in [0.29, 0.717) is 12.7 Å². The van der Waals surface area contributed by atoms with Gasteiger partial charge in [0.2, 0.25) is 0 Å². The van der Waals surface area contributed by atoms with E-state index in [1.54, 1.807) is 0 Å². The van der Waals surface area contributed by atoms with Crippen LogP contribution in [0.15, 0.2) is 24.3 Å². The minimum absolute atomic E-state index is 0.454. The molecule has 1 aliphatic rings. The first kappa shape index (κ1) is 12.4. The molecule has 0 spiro atoms. The Balaban J connectivity index is 1.81. The minimum Gasteiger partial charge on any atom is -0.399 e. The van der Waals surface area contributed by atoms with Gasteiger partial charge in [-0.3, -0.25) is 0 Å². The molecule has 17 heavy (non-hydrogen) atoms. The highest BCUT2D eigenvalue weighted by atomic mass is 16.5. The number of hydrogen-bond acceptors (Lipinski definition) is 2. The Hall–Kier alpha value is -1.02. The third-order valence-corrected chi connectivity index (χ3v) is 3.75. The Morgan fingerprint density at radius 2 is 2.24 bits per heavy atom. The number of benzene rings is 1. The van der Waals surface area contributed by atoms with Crippen LogP contribution in [0.4, 0.5) is 5.69 Å². The van der Waals surface area contributed by atoms with Gasteiger partial charge in [-0.2, -0.15) is 0 Å². The molecule has 0 heterocycles. The van der Waals surface area contributed by atoms with Crippen molar-refractivity contribution in [2.24, 2.45) is 5.92 Å². The van der Waals surface area contributed by atoms with Crippen LogP contribution in [-0.2, 0) is 11.3 Å². The molecule has 2 heteroatoms. The van der Waals surface area contributed by atoms with Gasteiger partial charge in [0.05, 0.1) is 12.7 Å². The van der Waals surface area contributed by atoms with Crippen LogP contribution >= 0.6 is 0 Å². The highest BCUT2D eigenvalue weighted by molar-refractivity contribution is 5.40. The van der Waals surface area contributed by atoms with Crippen LogP contribution in [0.1, 0.15) is 44.6 Å². The van der Waals surface area contributed by atoms with Gasteiger partial charge < -0.3 is 10.5 Å². The monoisotopic (exact) mass is 233 g/mol. The van der Waals surface area contributed by atoms with Gasteiger partial charge in [0.1, 0.15) is 0 Å². The van der Waals surface area contributed by atoms with Crippen molar-refractivity contribution in [3.05, 3.63) is 29.8 Å². The first-order valence-corrected chi connectivity index (χ1v) is 6.74. The van der Waals surface area contributed by atoms with Gasteiger partial charge in [-0.15, -0.1) is 0 Å². The number of nitrogens with two attached hydrogens (primary N) is 1. The van der Waals surface area contributed by atoms with Crippen LogP contribution in [0.2, 0.25) is 0 Å². The van der Waals surface area contributed by atoms with Crippen LogP contribution in [0, 0.1) is 5.92 Å². The largest absolute Gasteiger partial charge is 0.399 e. The lowest BCUT2D eigenvalue weighted by Gasteiger charge is -2.28. The molecule has 0 bridgehead atoms. The average Bonchev–Trinajstić information content (AvgIpc) is 2.37. The minimum atomic E-state index is 0.454. The van der Waals surface area contributed by atoms with Crippen molar-refractivity contribution in [3.8, 4) is 0 Å². The maximum atomic E-state index is 6.00. The van der Waals surface area contributed by atoms with Gasteiger partial charge in [0, 0.05) is 5.69 Å². The molecule has 0 radical (unpaired) electrons. The zero-order valence-electron chi connectivity index (χ0n) is 10.7. The summed E-state index contributed by atoms with van der Waals surface area (Å²) in [5, 5.41) is 0. The molecule has 0 amide bonds. The third kappa shape index (κ3) is 3.74. The topological polar surface area (TPSA) is 35.2 Å². The zero-order chi connectivity index (χ0) is 12.1. The molecule has 1 aromatic rings. The molecule has 1 fully saturated rings. The lowest BCUT2D eigenvalue weighted by Crippen LogP contribution is -2.22. The zero-order valence-corrected chi connectivity index (χ0v) is 10.7. The number of ether oxygens (including phenoxy) is 1. The van der Waals surface area contributed by atoms with Crippen LogP contribution in [0.5, 0.6) is 0 Å². The van der Waals surface area contributed by atoms with Crippen molar-refractivity contribution in [2.75, 3.05) is 5.73 Å². The van der Waals surface area contributed by atoms with Crippen molar-refractivity contribution in [1.29, 1.82) is 0 Å². The summed E-state index contributed by atoms with van der Waals surface area (Å²) in [6.07, 6.45) is 6.90. The fourth-order valence-electron chi connectivity index (χ4n) is 2.66. The summed E-state index contributed by atoms with van der Waals surface area (Å²) >= 11 is 0. The maximum absolute atomic E-state index is 6.00. The molecule has 94 valence electrons. The van der Waals surface area contributed by atoms with E-state index in [4.69, 9.17) is 10.5 Å².